The standard InChI is InChI=1S/C14H22N2O2.ClH/c17-14(11-3-1-2-6-15-11)16-7-9-10(8-16)13-5-4-12(9)18-13;/h9-13,15H,1-8H2;1H. The second-order valence-electron chi connectivity index (χ2n) is 6.36. The van der Waals surface area contributed by atoms with Crippen LogP contribution >= 0.6 is 12.4 Å². The highest BCUT2D eigenvalue weighted by Gasteiger charge is 2.54. The van der Waals surface area contributed by atoms with Gasteiger partial charge in [-0.3, -0.25) is 4.79 Å². The summed E-state index contributed by atoms with van der Waals surface area (Å²) < 4.78 is 5.96. The SMILES string of the molecule is Cl.O=C(C1CCCCN1)N1CC2C3CCC(O3)C2C1. The minimum atomic E-state index is 0. The molecule has 0 aromatic carbocycles. The number of carbonyl (C=O) groups excluding carboxylic acids is 1. The molecule has 19 heavy (non-hydrogen) atoms. The molecule has 4 fully saturated rings. The quantitative estimate of drug-likeness (QED) is 0.787. The highest BCUT2D eigenvalue weighted by atomic mass is 35.5. The van der Waals surface area contributed by atoms with E-state index in [-0.39, 0.29) is 18.4 Å². The number of hydrogen-bond acceptors (Lipinski definition) is 3. The molecule has 4 aliphatic heterocycles. The van der Waals surface area contributed by atoms with Crippen molar-refractivity contribution in [1.82, 2.24) is 10.2 Å². The molecule has 0 aliphatic carbocycles. The molecule has 4 rings (SSSR count). The molecule has 5 atom stereocenters. The maximum Gasteiger partial charge on any atom is 0.239 e. The summed E-state index contributed by atoms with van der Waals surface area (Å²) in [5.41, 5.74) is 0. The smallest absolute Gasteiger partial charge is 0.239 e. The van der Waals surface area contributed by atoms with Gasteiger partial charge in [-0.2, -0.15) is 0 Å². The summed E-state index contributed by atoms with van der Waals surface area (Å²) in [6.45, 7) is 2.90. The summed E-state index contributed by atoms with van der Waals surface area (Å²) in [5.74, 6) is 1.62. The van der Waals surface area contributed by atoms with Gasteiger partial charge in [-0.25, -0.2) is 0 Å². The van der Waals surface area contributed by atoms with Crippen molar-refractivity contribution in [2.24, 2.45) is 11.8 Å². The van der Waals surface area contributed by atoms with Crippen LogP contribution in [0.1, 0.15) is 32.1 Å². The van der Waals surface area contributed by atoms with Gasteiger partial charge in [0.25, 0.3) is 0 Å². The predicted octanol–water partition coefficient (Wildman–Crippen LogP) is 1.19. The molecular formula is C14H23ClN2O2. The number of fused-ring (bicyclic) bond motifs is 5. The van der Waals surface area contributed by atoms with Gasteiger partial charge in [-0.15, -0.1) is 12.4 Å². The second kappa shape index (κ2) is 5.23. The average Bonchev–Trinajstić information content (AvgIpc) is 3.10. The van der Waals surface area contributed by atoms with Crippen LogP contribution in [0.25, 0.3) is 0 Å². The van der Waals surface area contributed by atoms with E-state index in [9.17, 15) is 4.79 Å². The van der Waals surface area contributed by atoms with E-state index < -0.39 is 0 Å². The molecule has 5 heteroatoms. The summed E-state index contributed by atoms with van der Waals surface area (Å²) in [4.78, 5) is 14.6. The first-order valence-electron chi connectivity index (χ1n) is 7.50. The molecular weight excluding hydrogens is 264 g/mol. The monoisotopic (exact) mass is 286 g/mol. The third-order valence-corrected chi connectivity index (χ3v) is 5.37. The van der Waals surface area contributed by atoms with Gasteiger partial charge in [0.1, 0.15) is 0 Å². The van der Waals surface area contributed by atoms with E-state index in [0.29, 0.717) is 30.0 Å². The van der Waals surface area contributed by atoms with Gasteiger partial charge in [0.15, 0.2) is 0 Å². The zero-order valence-corrected chi connectivity index (χ0v) is 12.0. The maximum absolute atomic E-state index is 12.5. The van der Waals surface area contributed by atoms with Crippen LogP contribution in [0.4, 0.5) is 0 Å². The Bertz CT molecular complexity index is 341. The Balaban J connectivity index is 0.00000110. The number of halogens is 1. The highest BCUT2D eigenvalue weighted by molar-refractivity contribution is 5.85. The number of likely N-dealkylation sites (tertiary alicyclic amines) is 1. The summed E-state index contributed by atoms with van der Waals surface area (Å²) in [7, 11) is 0. The number of nitrogens with zero attached hydrogens (tertiary/aromatic N) is 1. The van der Waals surface area contributed by atoms with Crippen molar-refractivity contribution in [2.45, 2.75) is 50.4 Å². The lowest BCUT2D eigenvalue weighted by molar-refractivity contribution is -0.133. The summed E-state index contributed by atoms with van der Waals surface area (Å²) in [5, 5.41) is 3.38. The Hall–Kier alpha value is -0.320. The Kier molecular flexibility index (Phi) is 3.76. The van der Waals surface area contributed by atoms with Gasteiger partial charge in [-0.05, 0) is 32.2 Å². The molecule has 108 valence electrons. The first kappa shape index (κ1) is 13.7. The van der Waals surface area contributed by atoms with Crippen LogP contribution in [0, 0.1) is 11.8 Å². The fourth-order valence-corrected chi connectivity index (χ4v) is 4.42. The van der Waals surface area contributed by atoms with Crippen molar-refractivity contribution in [3.63, 3.8) is 0 Å². The van der Waals surface area contributed by atoms with E-state index in [0.717, 1.165) is 26.1 Å². The van der Waals surface area contributed by atoms with E-state index >= 15 is 0 Å². The van der Waals surface area contributed by atoms with Crippen LogP contribution in [0.5, 0.6) is 0 Å². The number of hydrogen-bond donors (Lipinski definition) is 1. The van der Waals surface area contributed by atoms with E-state index in [1.54, 1.807) is 0 Å². The lowest BCUT2D eigenvalue weighted by Gasteiger charge is -2.28. The van der Waals surface area contributed by atoms with Crippen molar-refractivity contribution in [3.8, 4) is 0 Å². The third kappa shape index (κ3) is 2.18. The van der Waals surface area contributed by atoms with Crippen LogP contribution in [-0.2, 0) is 9.53 Å². The molecule has 4 nitrogen and oxygen atoms in total. The summed E-state index contributed by atoms with van der Waals surface area (Å²) in [6, 6.07) is 0.0937. The number of carbonyl (C=O) groups is 1. The molecule has 1 amide bonds. The lowest BCUT2D eigenvalue weighted by atomic mass is 9.82. The number of nitrogens with one attached hydrogen (secondary N) is 1. The molecule has 2 bridgehead atoms. The van der Waals surface area contributed by atoms with Gasteiger partial charge in [0.05, 0.1) is 18.2 Å². The first-order chi connectivity index (χ1) is 8.83. The molecule has 0 aromatic rings. The normalized spacial score (nSPS) is 44.0. The molecule has 4 heterocycles. The molecule has 1 N–H and O–H groups in total. The first-order valence-corrected chi connectivity index (χ1v) is 7.50. The van der Waals surface area contributed by atoms with Crippen molar-refractivity contribution in [1.29, 1.82) is 0 Å². The number of ether oxygens (including phenoxy) is 1. The Labute approximate surface area is 120 Å². The fourth-order valence-electron chi connectivity index (χ4n) is 4.42. The van der Waals surface area contributed by atoms with Crippen molar-refractivity contribution in [2.75, 3.05) is 19.6 Å². The Morgan fingerprint density at radius 1 is 1.05 bits per heavy atom. The maximum atomic E-state index is 12.5. The van der Waals surface area contributed by atoms with Gasteiger partial charge in [0.2, 0.25) is 5.91 Å². The van der Waals surface area contributed by atoms with Crippen LogP contribution < -0.4 is 5.32 Å². The van der Waals surface area contributed by atoms with E-state index in [1.807, 2.05) is 0 Å². The summed E-state index contributed by atoms with van der Waals surface area (Å²) in [6.07, 6.45) is 6.78. The Morgan fingerprint density at radius 3 is 2.32 bits per heavy atom. The van der Waals surface area contributed by atoms with Gasteiger partial charge in [-0.1, -0.05) is 6.42 Å². The van der Waals surface area contributed by atoms with E-state index in [1.165, 1.54) is 25.7 Å². The second-order valence-corrected chi connectivity index (χ2v) is 6.36. The van der Waals surface area contributed by atoms with Crippen LogP contribution in [0.15, 0.2) is 0 Å². The average molecular weight is 287 g/mol. The zero-order valence-electron chi connectivity index (χ0n) is 11.2. The largest absolute Gasteiger partial charge is 0.374 e. The Morgan fingerprint density at radius 2 is 1.74 bits per heavy atom. The van der Waals surface area contributed by atoms with Gasteiger partial charge >= 0.3 is 0 Å². The van der Waals surface area contributed by atoms with Gasteiger partial charge < -0.3 is 15.0 Å². The number of rotatable bonds is 1. The zero-order chi connectivity index (χ0) is 12.1. The topological polar surface area (TPSA) is 41.6 Å². The third-order valence-electron chi connectivity index (χ3n) is 5.37. The van der Waals surface area contributed by atoms with Crippen LogP contribution in [-0.4, -0.2) is 48.7 Å². The molecule has 0 saturated carbocycles. The lowest BCUT2D eigenvalue weighted by Crippen LogP contribution is -2.48. The summed E-state index contributed by atoms with van der Waals surface area (Å²) >= 11 is 0. The van der Waals surface area contributed by atoms with E-state index in [4.69, 9.17) is 4.74 Å². The minimum absolute atomic E-state index is 0. The van der Waals surface area contributed by atoms with Crippen LogP contribution in [0.2, 0.25) is 0 Å². The number of amides is 1. The highest BCUT2D eigenvalue weighted by Crippen LogP contribution is 2.47. The van der Waals surface area contributed by atoms with Crippen molar-refractivity contribution >= 4 is 18.3 Å². The molecule has 4 saturated heterocycles. The van der Waals surface area contributed by atoms with Gasteiger partial charge in [0, 0.05) is 24.9 Å². The predicted molar refractivity (Wildman–Crippen MR) is 74.3 cm³/mol. The van der Waals surface area contributed by atoms with Crippen molar-refractivity contribution in [3.05, 3.63) is 0 Å². The number of piperidine rings is 1. The minimum Gasteiger partial charge on any atom is -0.374 e. The fraction of sp³-hybridized carbons (Fsp3) is 0.929. The molecule has 4 aliphatic rings. The van der Waals surface area contributed by atoms with Crippen LogP contribution in [0.3, 0.4) is 0 Å². The molecule has 0 radical (unpaired) electrons. The van der Waals surface area contributed by atoms with Crippen molar-refractivity contribution < 1.29 is 9.53 Å². The van der Waals surface area contributed by atoms with E-state index in [2.05, 4.69) is 10.2 Å². The molecule has 0 aromatic heterocycles. The molecule has 5 unspecified atom stereocenters. The molecule has 0 spiro atoms.